The van der Waals surface area contributed by atoms with Crippen molar-refractivity contribution >= 4 is 27.7 Å². The molecule has 1 amide bonds. The van der Waals surface area contributed by atoms with Crippen molar-refractivity contribution in [2.24, 2.45) is 0 Å². The van der Waals surface area contributed by atoms with Crippen molar-refractivity contribution < 1.29 is 9.90 Å². The van der Waals surface area contributed by atoms with E-state index in [4.69, 9.17) is 5.11 Å². The molecule has 0 radical (unpaired) electrons. The molecule has 0 saturated heterocycles. The minimum absolute atomic E-state index is 0.118. The summed E-state index contributed by atoms with van der Waals surface area (Å²) in [6, 6.07) is 5.99. The number of amides is 1. The summed E-state index contributed by atoms with van der Waals surface area (Å²) in [6.07, 6.45) is 3.14. The number of H-pyrrole nitrogens is 1. The average Bonchev–Trinajstić information content (AvgIpc) is 2.90. The van der Waals surface area contributed by atoms with Gasteiger partial charge in [0, 0.05) is 22.9 Å². The van der Waals surface area contributed by atoms with Gasteiger partial charge in [-0.25, -0.2) is 9.78 Å². The number of hydrogen-bond donors (Lipinski definition) is 3. The molecule has 0 saturated carbocycles. The number of aromatic nitrogens is 2. The van der Waals surface area contributed by atoms with Crippen molar-refractivity contribution in [3.63, 3.8) is 0 Å². The molecular formula is C14H15BrN4O2. The summed E-state index contributed by atoms with van der Waals surface area (Å²) >= 11 is 3.47. The fourth-order valence-electron chi connectivity index (χ4n) is 2.72. The Morgan fingerprint density at radius 3 is 3.14 bits per heavy atom. The first-order valence-electron chi connectivity index (χ1n) is 6.62. The number of halogens is 1. The van der Waals surface area contributed by atoms with E-state index in [0.717, 1.165) is 21.4 Å². The molecule has 1 aromatic carbocycles. The normalized spacial score (nSPS) is 17.4. The van der Waals surface area contributed by atoms with Gasteiger partial charge in [-0.15, -0.1) is 0 Å². The van der Waals surface area contributed by atoms with E-state index in [1.807, 2.05) is 12.1 Å². The molecule has 110 valence electrons. The van der Waals surface area contributed by atoms with Gasteiger partial charge >= 0.3 is 6.09 Å². The molecule has 0 bridgehead atoms. The van der Waals surface area contributed by atoms with Crippen LogP contribution in [0.5, 0.6) is 0 Å². The third-order valence-corrected chi connectivity index (χ3v) is 4.03. The third kappa shape index (κ3) is 3.18. The van der Waals surface area contributed by atoms with Crippen LogP contribution in [-0.2, 0) is 13.0 Å². The summed E-state index contributed by atoms with van der Waals surface area (Å²) in [7, 11) is 0. The van der Waals surface area contributed by atoms with Crippen LogP contribution in [0.1, 0.15) is 11.3 Å². The Bertz CT molecular complexity index is 644. The molecule has 0 aliphatic carbocycles. The van der Waals surface area contributed by atoms with E-state index in [0.29, 0.717) is 19.5 Å². The van der Waals surface area contributed by atoms with Crippen LogP contribution < -0.4 is 10.2 Å². The predicted molar refractivity (Wildman–Crippen MR) is 82.4 cm³/mol. The predicted octanol–water partition coefficient (Wildman–Crippen LogP) is 2.37. The van der Waals surface area contributed by atoms with E-state index in [-0.39, 0.29) is 6.04 Å². The molecule has 0 spiro atoms. The summed E-state index contributed by atoms with van der Waals surface area (Å²) in [5.41, 5.74) is 3.27. The lowest BCUT2D eigenvalue weighted by Gasteiger charge is -2.35. The number of nitrogens with one attached hydrogen (secondary N) is 2. The summed E-state index contributed by atoms with van der Waals surface area (Å²) < 4.78 is 0.999. The summed E-state index contributed by atoms with van der Waals surface area (Å²) in [6.45, 7) is 1.31. The molecule has 1 aliphatic rings. The molecular weight excluding hydrogens is 336 g/mol. The summed E-state index contributed by atoms with van der Waals surface area (Å²) in [4.78, 5) is 20.2. The molecule has 3 N–H and O–H groups in total. The monoisotopic (exact) mass is 350 g/mol. The van der Waals surface area contributed by atoms with Crippen LogP contribution in [0, 0.1) is 0 Å². The van der Waals surface area contributed by atoms with E-state index >= 15 is 0 Å². The number of rotatable bonds is 3. The zero-order valence-electron chi connectivity index (χ0n) is 11.2. The lowest BCUT2D eigenvalue weighted by molar-refractivity contribution is 0.189. The van der Waals surface area contributed by atoms with Crippen LogP contribution >= 0.6 is 15.9 Å². The second-order valence-corrected chi connectivity index (χ2v) is 6.00. The summed E-state index contributed by atoms with van der Waals surface area (Å²) in [5, 5.41) is 11.5. The third-order valence-electron chi connectivity index (χ3n) is 3.53. The first-order valence-corrected chi connectivity index (χ1v) is 7.41. The highest BCUT2D eigenvalue weighted by Gasteiger charge is 2.26. The van der Waals surface area contributed by atoms with Crippen LogP contribution in [-0.4, -0.2) is 33.8 Å². The van der Waals surface area contributed by atoms with Gasteiger partial charge in [-0.3, -0.25) is 0 Å². The first kappa shape index (κ1) is 13.9. The Kier molecular flexibility index (Phi) is 3.83. The number of carboxylic acid groups (broad SMARTS) is 1. The van der Waals surface area contributed by atoms with E-state index in [2.05, 4.69) is 42.2 Å². The molecule has 7 heteroatoms. The quantitative estimate of drug-likeness (QED) is 0.793. The van der Waals surface area contributed by atoms with Gasteiger partial charge in [0.25, 0.3) is 0 Å². The molecule has 2 aromatic rings. The van der Waals surface area contributed by atoms with Gasteiger partial charge in [-0.2, -0.15) is 0 Å². The van der Waals surface area contributed by atoms with Crippen LogP contribution in [0.2, 0.25) is 0 Å². The van der Waals surface area contributed by atoms with Crippen LogP contribution in [0.4, 0.5) is 10.5 Å². The van der Waals surface area contributed by atoms with Crippen LogP contribution in [0.25, 0.3) is 0 Å². The van der Waals surface area contributed by atoms with Crippen molar-refractivity contribution in [1.29, 1.82) is 0 Å². The Morgan fingerprint density at radius 1 is 1.57 bits per heavy atom. The molecule has 1 aliphatic heterocycles. The van der Waals surface area contributed by atoms with E-state index in [9.17, 15) is 4.79 Å². The van der Waals surface area contributed by atoms with Gasteiger partial charge in [0.05, 0.1) is 24.6 Å². The standard InChI is InChI=1S/C14H15BrN4O2/c15-10-1-2-13-9(3-10)4-11(18-14(20)21)6-19(13)7-12-5-16-8-17-12/h1-3,5,8,11,18H,4,6-7H2,(H,16,17)(H,20,21). The number of carbonyl (C=O) groups is 1. The highest BCUT2D eigenvalue weighted by Crippen LogP contribution is 2.30. The average molecular weight is 351 g/mol. The molecule has 3 rings (SSSR count). The fraction of sp³-hybridized carbons (Fsp3) is 0.286. The Hall–Kier alpha value is -2.02. The molecule has 21 heavy (non-hydrogen) atoms. The van der Waals surface area contributed by atoms with Gasteiger partial charge in [0.2, 0.25) is 0 Å². The van der Waals surface area contributed by atoms with Crippen LogP contribution in [0.15, 0.2) is 35.2 Å². The number of anilines is 1. The minimum atomic E-state index is -0.986. The van der Waals surface area contributed by atoms with E-state index in [1.165, 1.54) is 0 Å². The van der Waals surface area contributed by atoms with E-state index in [1.54, 1.807) is 12.5 Å². The maximum atomic E-state index is 10.9. The van der Waals surface area contributed by atoms with Crippen molar-refractivity contribution in [3.8, 4) is 0 Å². The highest BCUT2D eigenvalue weighted by atomic mass is 79.9. The number of imidazole rings is 1. The number of hydrogen-bond acceptors (Lipinski definition) is 3. The SMILES string of the molecule is O=C(O)NC1Cc2cc(Br)ccc2N(Cc2cnc[nH]2)C1. The molecule has 0 fully saturated rings. The fourth-order valence-corrected chi connectivity index (χ4v) is 3.13. The Balaban J connectivity index is 1.88. The zero-order valence-corrected chi connectivity index (χ0v) is 12.8. The minimum Gasteiger partial charge on any atom is -0.465 e. The van der Waals surface area contributed by atoms with Crippen molar-refractivity contribution in [2.45, 2.75) is 19.0 Å². The van der Waals surface area contributed by atoms with Crippen molar-refractivity contribution in [1.82, 2.24) is 15.3 Å². The first-order chi connectivity index (χ1) is 10.1. The number of nitrogens with zero attached hydrogens (tertiary/aromatic N) is 2. The smallest absolute Gasteiger partial charge is 0.404 e. The lowest BCUT2D eigenvalue weighted by Crippen LogP contribution is -2.47. The van der Waals surface area contributed by atoms with Gasteiger partial charge in [-0.05, 0) is 30.2 Å². The molecule has 1 atom stereocenters. The number of aromatic amines is 1. The van der Waals surface area contributed by atoms with E-state index < -0.39 is 6.09 Å². The lowest BCUT2D eigenvalue weighted by atomic mass is 9.98. The number of benzene rings is 1. The molecule has 1 unspecified atom stereocenters. The van der Waals surface area contributed by atoms with Crippen LogP contribution in [0.3, 0.4) is 0 Å². The maximum Gasteiger partial charge on any atom is 0.404 e. The van der Waals surface area contributed by atoms with Gasteiger partial charge in [0.1, 0.15) is 0 Å². The second-order valence-electron chi connectivity index (χ2n) is 5.08. The molecule has 2 heterocycles. The Morgan fingerprint density at radius 2 is 2.43 bits per heavy atom. The van der Waals surface area contributed by atoms with Gasteiger partial charge in [-0.1, -0.05) is 15.9 Å². The zero-order chi connectivity index (χ0) is 14.8. The Labute approximate surface area is 130 Å². The van der Waals surface area contributed by atoms with Gasteiger partial charge < -0.3 is 20.3 Å². The van der Waals surface area contributed by atoms with Crippen molar-refractivity contribution in [3.05, 3.63) is 46.5 Å². The maximum absolute atomic E-state index is 10.9. The second kappa shape index (κ2) is 5.77. The van der Waals surface area contributed by atoms with Crippen molar-refractivity contribution in [2.75, 3.05) is 11.4 Å². The molecule has 6 nitrogen and oxygen atoms in total. The van der Waals surface area contributed by atoms with Gasteiger partial charge in [0.15, 0.2) is 0 Å². The largest absolute Gasteiger partial charge is 0.465 e. The number of fused-ring (bicyclic) bond motifs is 1. The summed E-state index contributed by atoms with van der Waals surface area (Å²) in [5.74, 6) is 0. The molecule has 1 aromatic heterocycles. The highest BCUT2D eigenvalue weighted by molar-refractivity contribution is 9.10. The topological polar surface area (TPSA) is 81.2 Å².